The Balaban J connectivity index is 1.55. The van der Waals surface area contributed by atoms with Crippen molar-refractivity contribution in [1.29, 1.82) is 0 Å². The molecule has 0 aliphatic carbocycles. The van der Waals surface area contributed by atoms with Crippen LogP contribution in [0.1, 0.15) is 104 Å². The number of benzene rings is 4. The van der Waals surface area contributed by atoms with E-state index in [1.54, 1.807) is 9.59 Å². The van der Waals surface area contributed by atoms with Crippen molar-refractivity contribution in [2.24, 2.45) is 10.8 Å². The second-order valence-electron chi connectivity index (χ2n) is 17.4. The first-order valence-electron chi connectivity index (χ1n) is 17.2. The summed E-state index contributed by atoms with van der Waals surface area (Å²) in [4.78, 5) is 5.21. The van der Waals surface area contributed by atoms with Crippen LogP contribution in [-0.2, 0) is 17.3 Å². The highest BCUT2D eigenvalue weighted by Gasteiger charge is 2.31. The highest BCUT2D eigenvalue weighted by Crippen LogP contribution is 2.42. The molecule has 0 bridgehead atoms. The Bertz CT molecular complexity index is 1940. The monoisotopic (exact) mass is 690 g/mol. The Morgan fingerprint density at radius 3 is 1.08 bits per heavy atom. The van der Waals surface area contributed by atoms with E-state index in [0.717, 1.165) is 67.2 Å². The molecule has 0 aliphatic rings. The number of rotatable bonds is 8. The molecule has 0 spiro atoms. The lowest BCUT2D eigenvalue weighted by atomic mass is 9.71. The molecule has 49 heavy (non-hydrogen) atoms. The minimum atomic E-state index is -0.111. The van der Waals surface area contributed by atoms with Crippen molar-refractivity contribution < 1.29 is 0 Å². The van der Waals surface area contributed by atoms with Crippen LogP contribution < -0.4 is 0 Å². The van der Waals surface area contributed by atoms with E-state index in [1.165, 1.54) is 11.1 Å². The molecule has 0 radical (unpaired) electrons. The highest BCUT2D eigenvalue weighted by atomic mass is 32.1. The van der Waals surface area contributed by atoms with Gasteiger partial charge in [-0.2, -0.15) is 0 Å². The minimum absolute atomic E-state index is 0.111. The lowest BCUT2D eigenvalue weighted by Gasteiger charge is -2.34. The molecule has 256 valence electrons. The van der Waals surface area contributed by atoms with Gasteiger partial charge in [-0.1, -0.05) is 106 Å². The van der Waals surface area contributed by atoms with E-state index in [0.29, 0.717) is 6.42 Å². The van der Waals surface area contributed by atoms with Gasteiger partial charge in [0.2, 0.25) is 0 Å². The van der Waals surface area contributed by atoms with E-state index in [9.17, 15) is 0 Å². The highest BCUT2D eigenvalue weighted by molar-refractivity contribution is 7.80. The predicted octanol–water partition coefficient (Wildman–Crippen LogP) is 10.8. The van der Waals surface area contributed by atoms with E-state index in [4.69, 9.17) is 45.7 Å². The minimum Gasteiger partial charge on any atom is -0.149 e. The fourth-order valence-electron chi connectivity index (χ4n) is 7.71. The summed E-state index contributed by atoms with van der Waals surface area (Å²) in [6.45, 7) is 23.1. The van der Waals surface area contributed by atoms with Gasteiger partial charge < -0.3 is 0 Å². The zero-order chi connectivity index (χ0) is 35.5. The van der Waals surface area contributed by atoms with Gasteiger partial charge in [0.25, 0.3) is 0 Å². The first-order valence-corrected chi connectivity index (χ1v) is 18.1. The van der Waals surface area contributed by atoms with Gasteiger partial charge >= 0.3 is 0 Å². The summed E-state index contributed by atoms with van der Waals surface area (Å²) in [7, 11) is 0. The van der Waals surface area contributed by atoms with Crippen molar-refractivity contribution in [1.82, 2.24) is 30.0 Å². The number of nitrogens with zero attached hydrogens (tertiary/aromatic N) is 6. The second-order valence-corrected chi connectivity index (χ2v) is 18.3. The Morgan fingerprint density at radius 2 is 0.796 bits per heavy atom. The zero-order valence-electron chi connectivity index (χ0n) is 30.6. The van der Waals surface area contributed by atoms with E-state index in [-0.39, 0.29) is 21.7 Å². The molecule has 6 rings (SSSR count). The van der Waals surface area contributed by atoms with Crippen LogP contribution in [-0.4, -0.2) is 30.0 Å². The molecule has 6 nitrogen and oxygen atoms in total. The average Bonchev–Trinajstić information content (AvgIpc) is 3.61. The fourth-order valence-corrected chi connectivity index (χ4v) is 8.30. The third-order valence-corrected chi connectivity index (χ3v) is 10.3. The van der Waals surface area contributed by atoms with Gasteiger partial charge in [0, 0.05) is 9.79 Å². The van der Waals surface area contributed by atoms with Gasteiger partial charge in [-0.25, -0.2) is 0 Å². The molecule has 8 heteroatoms. The molecule has 2 aromatic heterocycles. The van der Waals surface area contributed by atoms with Gasteiger partial charge in [-0.15, -0.1) is 55.2 Å². The number of hydrogen-bond acceptors (Lipinski definition) is 6. The van der Waals surface area contributed by atoms with Crippen molar-refractivity contribution in [2.75, 3.05) is 0 Å². The Labute approximate surface area is 302 Å². The lowest BCUT2D eigenvalue weighted by molar-refractivity contribution is 0.283. The smallest absolute Gasteiger partial charge is 0.113 e. The molecule has 0 amide bonds. The van der Waals surface area contributed by atoms with Crippen LogP contribution in [0.2, 0.25) is 0 Å². The number of fused-ring (bicyclic) bond motifs is 2. The summed E-state index contributed by atoms with van der Waals surface area (Å²) in [5.41, 5.74) is 9.89. The SMILES string of the molecule is CC(C)(C)CC(C)(C)c1cc(Cc2cc(C(C)(C)CC(C)(C)C)cc(-n3nc4ccccc4n3)c2S)c(S)c(-n2nc3ccccc3n2)c1. The normalized spacial score (nSPS) is 13.1. The summed E-state index contributed by atoms with van der Waals surface area (Å²) in [5, 5.41) is 19.5. The lowest BCUT2D eigenvalue weighted by Crippen LogP contribution is -2.26. The zero-order valence-corrected chi connectivity index (χ0v) is 32.4. The van der Waals surface area contributed by atoms with Gasteiger partial charge in [-0.05, 0) is 99.6 Å². The number of aromatic nitrogens is 6. The van der Waals surface area contributed by atoms with Gasteiger partial charge in [0.1, 0.15) is 22.1 Å². The van der Waals surface area contributed by atoms with Crippen LogP contribution >= 0.6 is 25.3 Å². The van der Waals surface area contributed by atoms with E-state index in [2.05, 4.69) is 93.5 Å². The molecule has 0 unspecified atom stereocenters. The summed E-state index contributed by atoms with van der Waals surface area (Å²) in [5.74, 6) is 0. The van der Waals surface area contributed by atoms with Crippen molar-refractivity contribution in [2.45, 2.75) is 109 Å². The Kier molecular flexibility index (Phi) is 9.06. The summed E-state index contributed by atoms with van der Waals surface area (Å²) < 4.78 is 0. The van der Waals surface area contributed by atoms with Gasteiger partial charge in [-0.3, -0.25) is 0 Å². The molecule has 0 saturated carbocycles. The van der Waals surface area contributed by atoms with Gasteiger partial charge in [0.15, 0.2) is 0 Å². The van der Waals surface area contributed by atoms with Crippen LogP contribution in [0.3, 0.4) is 0 Å². The third kappa shape index (κ3) is 7.60. The first-order chi connectivity index (χ1) is 22.8. The topological polar surface area (TPSA) is 61.4 Å². The molecule has 2 heterocycles. The largest absolute Gasteiger partial charge is 0.149 e. The van der Waals surface area contributed by atoms with Crippen molar-refractivity contribution in [3.63, 3.8) is 0 Å². The maximum Gasteiger partial charge on any atom is 0.113 e. The van der Waals surface area contributed by atoms with Gasteiger partial charge in [0.05, 0.1) is 11.4 Å². The molecular weight excluding hydrogens is 641 g/mol. The van der Waals surface area contributed by atoms with E-state index in [1.807, 2.05) is 48.5 Å². The second kappa shape index (κ2) is 12.6. The predicted molar refractivity (Wildman–Crippen MR) is 209 cm³/mol. The van der Waals surface area contributed by atoms with Crippen LogP contribution in [0.4, 0.5) is 0 Å². The molecule has 0 fully saturated rings. The van der Waals surface area contributed by atoms with Crippen molar-refractivity contribution >= 4 is 47.3 Å². The van der Waals surface area contributed by atoms with E-state index >= 15 is 0 Å². The molecule has 0 aliphatic heterocycles. The van der Waals surface area contributed by atoms with Crippen molar-refractivity contribution in [3.05, 3.63) is 95.1 Å². The maximum absolute atomic E-state index is 5.21. The average molecular weight is 691 g/mol. The summed E-state index contributed by atoms with van der Waals surface area (Å²) in [6, 6.07) is 25.1. The third-order valence-electron chi connectivity index (χ3n) is 9.23. The number of thiol groups is 2. The van der Waals surface area contributed by atoms with Crippen LogP contribution in [0.15, 0.2) is 82.6 Å². The van der Waals surface area contributed by atoms with Crippen LogP contribution in [0.5, 0.6) is 0 Å². The Morgan fingerprint density at radius 1 is 0.490 bits per heavy atom. The molecule has 4 aromatic carbocycles. The molecule has 0 N–H and O–H groups in total. The first kappa shape index (κ1) is 35.2. The quantitative estimate of drug-likeness (QED) is 0.156. The summed E-state index contributed by atoms with van der Waals surface area (Å²) in [6.07, 6.45) is 2.64. The standard InChI is InChI=1S/C41H50N6S2/c1-38(2,3)24-40(7,8)28-20-26(36(48)34(22-28)46-42-30-15-11-12-16-31(30)43-46)19-27-21-29(41(9,10)25-39(4,5)6)23-35(37(27)49)47-44-32-17-13-14-18-33(32)45-47/h11-18,20-23,48-49H,19,24-25H2,1-10H3. The fraction of sp³-hybridized carbons (Fsp3) is 0.415. The van der Waals surface area contributed by atoms with Crippen molar-refractivity contribution in [3.8, 4) is 11.4 Å². The molecular formula is C41H50N6S2. The molecule has 6 aromatic rings. The molecule has 0 saturated heterocycles. The van der Waals surface area contributed by atoms with Crippen LogP contribution in [0.25, 0.3) is 33.4 Å². The Hall–Kier alpha value is -3.62. The maximum atomic E-state index is 5.21. The van der Waals surface area contributed by atoms with E-state index < -0.39 is 0 Å². The number of hydrogen-bond donors (Lipinski definition) is 2. The summed E-state index contributed by atoms with van der Waals surface area (Å²) >= 11 is 10.4. The molecule has 0 atom stereocenters. The van der Waals surface area contributed by atoms with Crippen LogP contribution in [0, 0.1) is 10.8 Å².